The van der Waals surface area contributed by atoms with Crippen molar-refractivity contribution in [3.05, 3.63) is 29.3 Å². The lowest BCUT2D eigenvalue weighted by Gasteiger charge is -2.18. The number of benzene rings is 1. The molecule has 1 heterocycles. The molecule has 5 nitrogen and oxygen atoms in total. The average Bonchev–Trinajstić information content (AvgIpc) is 2.64. The van der Waals surface area contributed by atoms with Gasteiger partial charge in [-0.2, -0.15) is 0 Å². The van der Waals surface area contributed by atoms with Gasteiger partial charge in [0.2, 0.25) is 5.91 Å². The second kappa shape index (κ2) is 6.08. The van der Waals surface area contributed by atoms with Gasteiger partial charge in [0, 0.05) is 6.04 Å². The van der Waals surface area contributed by atoms with Crippen molar-refractivity contribution in [3.8, 4) is 0 Å². The van der Waals surface area contributed by atoms with Gasteiger partial charge in [-0.15, -0.1) is 0 Å². The van der Waals surface area contributed by atoms with Gasteiger partial charge in [-0.25, -0.2) is 0 Å². The normalized spacial score (nSPS) is 15.1. The highest BCUT2D eigenvalue weighted by Gasteiger charge is 2.36. The van der Waals surface area contributed by atoms with Gasteiger partial charge < -0.3 is 5.32 Å². The summed E-state index contributed by atoms with van der Waals surface area (Å²) in [6.45, 7) is 5.72. The van der Waals surface area contributed by atoms with Crippen molar-refractivity contribution in [1.29, 1.82) is 0 Å². The first kappa shape index (κ1) is 15.2. The zero-order chi connectivity index (χ0) is 15.6. The van der Waals surface area contributed by atoms with Crippen LogP contribution in [0, 0.1) is 6.92 Å². The van der Waals surface area contributed by atoms with Crippen LogP contribution in [-0.4, -0.2) is 30.2 Å². The molecule has 0 bridgehead atoms. The molecule has 0 saturated heterocycles. The Bertz CT molecular complexity index is 595. The Kier molecular flexibility index (Phi) is 4.40. The quantitative estimate of drug-likeness (QED) is 0.841. The van der Waals surface area contributed by atoms with Gasteiger partial charge >= 0.3 is 0 Å². The Morgan fingerprint density at radius 1 is 1.33 bits per heavy atom. The molecule has 112 valence electrons. The molecule has 1 aliphatic heterocycles. The maximum atomic E-state index is 12.0. The lowest BCUT2D eigenvalue weighted by atomic mass is 10.1. The SMILES string of the molecule is CCCC(C)NC(=O)CN1C(=O)C(=O)c2cc(C)ccc21. The molecule has 2 rings (SSSR count). The molecule has 5 heteroatoms. The van der Waals surface area contributed by atoms with Gasteiger partial charge in [0.15, 0.2) is 0 Å². The van der Waals surface area contributed by atoms with Crippen molar-refractivity contribution >= 4 is 23.3 Å². The maximum absolute atomic E-state index is 12.0. The summed E-state index contributed by atoms with van der Waals surface area (Å²) < 4.78 is 0. The molecular weight excluding hydrogens is 268 g/mol. The van der Waals surface area contributed by atoms with Crippen molar-refractivity contribution in [3.63, 3.8) is 0 Å². The van der Waals surface area contributed by atoms with Crippen LogP contribution in [0.3, 0.4) is 0 Å². The molecule has 1 aliphatic rings. The van der Waals surface area contributed by atoms with E-state index in [-0.39, 0.29) is 18.5 Å². The Morgan fingerprint density at radius 2 is 2.05 bits per heavy atom. The van der Waals surface area contributed by atoms with Crippen LogP contribution >= 0.6 is 0 Å². The lowest BCUT2D eigenvalue weighted by molar-refractivity contribution is -0.122. The number of hydrogen-bond donors (Lipinski definition) is 1. The fourth-order valence-electron chi connectivity index (χ4n) is 2.54. The van der Waals surface area contributed by atoms with Crippen molar-refractivity contribution in [2.45, 2.75) is 39.7 Å². The fraction of sp³-hybridized carbons (Fsp3) is 0.438. The molecule has 0 aromatic heterocycles. The summed E-state index contributed by atoms with van der Waals surface area (Å²) in [5.41, 5.74) is 1.82. The average molecular weight is 288 g/mol. The highest BCUT2D eigenvalue weighted by atomic mass is 16.2. The number of rotatable bonds is 5. The molecule has 0 fully saturated rings. The molecular formula is C16H20N2O3. The van der Waals surface area contributed by atoms with Crippen LogP contribution in [0.1, 0.15) is 42.6 Å². The molecule has 1 aromatic rings. The standard InChI is InChI=1S/C16H20N2O3/c1-4-5-11(3)17-14(19)9-18-13-7-6-10(2)8-12(13)15(20)16(18)21/h6-8,11H,4-5,9H2,1-3H3,(H,17,19). The van der Waals surface area contributed by atoms with Crippen molar-refractivity contribution < 1.29 is 14.4 Å². The second-order valence-corrected chi connectivity index (χ2v) is 5.50. The molecule has 1 N–H and O–H groups in total. The number of nitrogens with zero attached hydrogens (tertiary/aromatic N) is 1. The predicted octanol–water partition coefficient (Wildman–Crippen LogP) is 1.83. The summed E-state index contributed by atoms with van der Waals surface area (Å²) in [7, 11) is 0. The summed E-state index contributed by atoms with van der Waals surface area (Å²) in [5, 5.41) is 2.84. The number of anilines is 1. The van der Waals surface area contributed by atoms with Gasteiger partial charge in [-0.3, -0.25) is 19.3 Å². The van der Waals surface area contributed by atoms with E-state index >= 15 is 0 Å². The first-order valence-corrected chi connectivity index (χ1v) is 7.20. The molecule has 1 aromatic carbocycles. The summed E-state index contributed by atoms with van der Waals surface area (Å²) in [5.74, 6) is -1.41. The Labute approximate surface area is 124 Å². The molecule has 2 amide bonds. The smallest absolute Gasteiger partial charge is 0.299 e. The number of Topliss-reactive ketones (excluding diaryl/α,β-unsaturated/α-hetero) is 1. The first-order chi connectivity index (χ1) is 9.93. The van der Waals surface area contributed by atoms with E-state index in [2.05, 4.69) is 5.32 Å². The zero-order valence-electron chi connectivity index (χ0n) is 12.6. The van der Waals surface area contributed by atoms with E-state index < -0.39 is 11.7 Å². The molecule has 21 heavy (non-hydrogen) atoms. The molecule has 0 radical (unpaired) electrons. The van der Waals surface area contributed by atoms with Crippen LogP contribution in [0.2, 0.25) is 0 Å². The molecule has 0 saturated carbocycles. The van der Waals surface area contributed by atoms with Crippen LogP contribution in [0.15, 0.2) is 18.2 Å². The summed E-state index contributed by atoms with van der Waals surface area (Å²) >= 11 is 0. The molecule has 0 aliphatic carbocycles. The van der Waals surface area contributed by atoms with E-state index in [0.29, 0.717) is 11.3 Å². The second-order valence-electron chi connectivity index (χ2n) is 5.50. The number of fused-ring (bicyclic) bond motifs is 1. The maximum Gasteiger partial charge on any atom is 0.299 e. The van der Waals surface area contributed by atoms with E-state index in [4.69, 9.17) is 0 Å². The van der Waals surface area contributed by atoms with Crippen LogP contribution in [-0.2, 0) is 9.59 Å². The third kappa shape index (κ3) is 3.12. The number of amides is 2. The largest absolute Gasteiger partial charge is 0.352 e. The van der Waals surface area contributed by atoms with Crippen LogP contribution < -0.4 is 10.2 Å². The van der Waals surface area contributed by atoms with E-state index in [0.717, 1.165) is 18.4 Å². The molecule has 0 spiro atoms. The number of hydrogen-bond acceptors (Lipinski definition) is 3. The monoisotopic (exact) mass is 288 g/mol. The zero-order valence-corrected chi connectivity index (χ0v) is 12.6. The van der Waals surface area contributed by atoms with Gasteiger partial charge in [-0.05, 0) is 32.4 Å². The van der Waals surface area contributed by atoms with Crippen LogP contribution in [0.4, 0.5) is 5.69 Å². The minimum absolute atomic E-state index is 0.0633. The highest BCUT2D eigenvalue weighted by Crippen LogP contribution is 2.29. The Morgan fingerprint density at radius 3 is 2.71 bits per heavy atom. The van der Waals surface area contributed by atoms with E-state index in [1.54, 1.807) is 12.1 Å². The summed E-state index contributed by atoms with van der Waals surface area (Å²) in [4.78, 5) is 37.2. The fourth-order valence-corrected chi connectivity index (χ4v) is 2.54. The summed E-state index contributed by atoms with van der Waals surface area (Å²) in [6.07, 6.45) is 1.86. The number of aryl methyl sites for hydroxylation is 1. The highest BCUT2D eigenvalue weighted by molar-refractivity contribution is 6.52. The number of ketones is 1. The van der Waals surface area contributed by atoms with Crippen molar-refractivity contribution in [1.82, 2.24) is 5.32 Å². The topological polar surface area (TPSA) is 66.5 Å². The van der Waals surface area contributed by atoms with E-state index in [1.165, 1.54) is 4.90 Å². The number of carbonyl (C=O) groups excluding carboxylic acids is 3. The Balaban J connectivity index is 2.13. The van der Waals surface area contributed by atoms with Gasteiger partial charge in [0.1, 0.15) is 6.54 Å². The van der Waals surface area contributed by atoms with Gasteiger partial charge in [-0.1, -0.05) is 25.0 Å². The number of nitrogens with one attached hydrogen (secondary N) is 1. The van der Waals surface area contributed by atoms with Crippen LogP contribution in [0.5, 0.6) is 0 Å². The molecule has 1 atom stereocenters. The number of carbonyl (C=O) groups is 3. The lowest BCUT2D eigenvalue weighted by Crippen LogP contribution is -2.43. The molecule has 1 unspecified atom stereocenters. The van der Waals surface area contributed by atoms with E-state index in [1.807, 2.05) is 26.8 Å². The predicted molar refractivity (Wildman–Crippen MR) is 80.4 cm³/mol. The van der Waals surface area contributed by atoms with Gasteiger partial charge in [0.25, 0.3) is 11.7 Å². The van der Waals surface area contributed by atoms with Crippen molar-refractivity contribution in [2.24, 2.45) is 0 Å². The minimum atomic E-state index is -0.631. The van der Waals surface area contributed by atoms with Crippen molar-refractivity contribution in [2.75, 3.05) is 11.4 Å². The third-order valence-corrected chi connectivity index (χ3v) is 3.56. The van der Waals surface area contributed by atoms with Crippen LogP contribution in [0.25, 0.3) is 0 Å². The third-order valence-electron chi connectivity index (χ3n) is 3.56. The first-order valence-electron chi connectivity index (χ1n) is 7.20. The Hall–Kier alpha value is -2.17. The summed E-state index contributed by atoms with van der Waals surface area (Å²) in [6, 6.07) is 5.30. The van der Waals surface area contributed by atoms with E-state index in [9.17, 15) is 14.4 Å². The minimum Gasteiger partial charge on any atom is -0.352 e. The van der Waals surface area contributed by atoms with Gasteiger partial charge in [0.05, 0.1) is 11.3 Å².